The number of carbonyl (C=O) groups is 1. The van der Waals surface area contributed by atoms with E-state index in [2.05, 4.69) is 0 Å². The first kappa shape index (κ1) is 14.8. The van der Waals surface area contributed by atoms with E-state index in [0.29, 0.717) is 12.1 Å². The molecule has 3 aromatic rings. The highest BCUT2D eigenvalue weighted by Crippen LogP contribution is 2.20. The first-order valence-corrected chi connectivity index (χ1v) is 7.16. The summed E-state index contributed by atoms with van der Waals surface area (Å²) in [5, 5.41) is 19.4. The number of hydrogen-bond acceptors (Lipinski definition) is 3. The van der Waals surface area contributed by atoms with Gasteiger partial charge in [-0.3, -0.25) is 9.59 Å². The molecule has 23 heavy (non-hydrogen) atoms. The fourth-order valence-electron chi connectivity index (χ4n) is 2.63. The van der Waals surface area contributed by atoms with Gasteiger partial charge in [0, 0.05) is 11.6 Å². The molecule has 2 N–H and O–H groups in total. The number of carboxylic acids is 1. The minimum atomic E-state index is -1.05. The van der Waals surface area contributed by atoms with Crippen molar-refractivity contribution >= 4 is 16.9 Å². The van der Waals surface area contributed by atoms with E-state index in [1.807, 2.05) is 30.3 Å². The summed E-state index contributed by atoms with van der Waals surface area (Å²) in [7, 11) is 0. The summed E-state index contributed by atoms with van der Waals surface area (Å²) in [4.78, 5) is 23.6. The second-order valence-corrected chi connectivity index (χ2v) is 5.36. The Labute approximate surface area is 132 Å². The SMILES string of the molecule is O=C(O)Cc1cc2ccc(O)cc2n(Cc2ccccc2)c1=O. The molecule has 0 aliphatic carbocycles. The zero-order valence-electron chi connectivity index (χ0n) is 12.3. The fraction of sp³-hybridized carbons (Fsp3) is 0.111. The van der Waals surface area contributed by atoms with E-state index < -0.39 is 5.97 Å². The zero-order chi connectivity index (χ0) is 16.4. The molecule has 0 spiro atoms. The molecule has 1 heterocycles. The Bertz CT molecular complexity index is 929. The average molecular weight is 309 g/mol. The Morgan fingerprint density at radius 1 is 1.04 bits per heavy atom. The number of nitrogens with zero attached hydrogens (tertiary/aromatic N) is 1. The quantitative estimate of drug-likeness (QED) is 0.775. The second kappa shape index (κ2) is 5.96. The lowest BCUT2D eigenvalue weighted by Gasteiger charge is -2.13. The molecule has 0 unspecified atom stereocenters. The summed E-state index contributed by atoms with van der Waals surface area (Å²) in [6.07, 6.45) is -0.329. The van der Waals surface area contributed by atoms with Gasteiger partial charge in [0.2, 0.25) is 0 Å². The van der Waals surface area contributed by atoms with Crippen LogP contribution in [0.5, 0.6) is 5.75 Å². The van der Waals surface area contributed by atoms with Crippen molar-refractivity contribution in [2.24, 2.45) is 0 Å². The third-order valence-electron chi connectivity index (χ3n) is 3.68. The van der Waals surface area contributed by atoms with E-state index >= 15 is 0 Å². The standard InChI is InChI=1S/C18H15NO4/c20-15-7-6-13-8-14(9-17(21)22)18(23)19(16(13)10-15)11-12-4-2-1-3-5-12/h1-8,10,20H,9,11H2,(H,21,22). The molecule has 0 aliphatic rings. The third-order valence-corrected chi connectivity index (χ3v) is 3.68. The minimum absolute atomic E-state index is 0.0599. The van der Waals surface area contributed by atoms with Gasteiger partial charge < -0.3 is 14.8 Å². The van der Waals surface area contributed by atoms with Crippen LogP contribution >= 0.6 is 0 Å². The van der Waals surface area contributed by atoms with Crippen molar-refractivity contribution in [3.05, 3.63) is 76.1 Å². The second-order valence-electron chi connectivity index (χ2n) is 5.36. The van der Waals surface area contributed by atoms with Crippen LogP contribution in [0.1, 0.15) is 11.1 Å². The number of phenolic OH excluding ortho intramolecular Hbond substituents is 1. The molecule has 5 nitrogen and oxygen atoms in total. The summed E-state index contributed by atoms with van der Waals surface area (Å²) in [6, 6.07) is 15.7. The molecule has 0 atom stereocenters. The Morgan fingerprint density at radius 3 is 2.48 bits per heavy atom. The zero-order valence-corrected chi connectivity index (χ0v) is 12.3. The van der Waals surface area contributed by atoms with Crippen LogP contribution in [0.15, 0.2) is 59.4 Å². The number of hydrogen-bond donors (Lipinski definition) is 2. The van der Waals surface area contributed by atoms with Gasteiger partial charge in [0.25, 0.3) is 5.56 Å². The first-order chi connectivity index (χ1) is 11.0. The predicted octanol–water partition coefficient (Wildman–Crippen LogP) is 2.38. The van der Waals surface area contributed by atoms with Crippen LogP contribution in [0, 0.1) is 0 Å². The van der Waals surface area contributed by atoms with Crippen molar-refractivity contribution in [1.29, 1.82) is 0 Å². The Morgan fingerprint density at radius 2 is 1.78 bits per heavy atom. The van der Waals surface area contributed by atoms with E-state index in [1.54, 1.807) is 12.1 Å². The van der Waals surface area contributed by atoms with Gasteiger partial charge in [0.15, 0.2) is 0 Å². The molecule has 0 bridgehead atoms. The van der Waals surface area contributed by atoms with Crippen molar-refractivity contribution in [3.8, 4) is 5.75 Å². The highest BCUT2D eigenvalue weighted by molar-refractivity contribution is 5.82. The van der Waals surface area contributed by atoms with Crippen LogP contribution in [0.2, 0.25) is 0 Å². The van der Waals surface area contributed by atoms with Crippen LogP contribution < -0.4 is 5.56 Å². The molecule has 5 heteroatoms. The third kappa shape index (κ3) is 3.08. The molecule has 0 amide bonds. The maximum absolute atomic E-state index is 12.7. The van der Waals surface area contributed by atoms with Crippen LogP contribution in [-0.4, -0.2) is 20.7 Å². The Balaban J connectivity index is 2.23. The van der Waals surface area contributed by atoms with E-state index in [9.17, 15) is 14.7 Å². The lowest BCUT2D eigenvalue weighted by Crippen LogP contribution is -2.26. The monoisotopic (exact) mass is 309 g/mol. The van der Waals surface area contributed by atoms with Gasteiger partial charge >= 0.3 is 5.97 Å². The maximum Gasteiger partial charge on any atom is 0.308 e. The van der Waals surface area contributed by atoms with Gasteiger partial charge in [-0.1, -0.05) is 30.3 Å². The number of aliphatic carboxylic acids is 1. The maximum atomic E-state index is 12.7. The highest BCUT2D eigenvalue weighted by Gasteiger charge is 2.13. The van der Waals surface area contributed by atoms with E-state index in [1.165, 1.54) is 16.7 Å². The van der Waals surface area contributed by atoms with E-state index in [-0.39, 0.29) is 23.3 Å². The van der Waals surface area contributed by atoms with Crippen LogP contribution in [0.4, 0.5) is 0 Å². The largest absolute Gasteiger partial charge is 0.508 e. The fourth-order valence-corrected chi connectivity index (χ4v) is 2.63. The van der Waals surface area contributed by atoms with Crippen LogP contribution in [0.3, 0.4) is 0 Å². The number of aromatic nitrogens is 1. The number of rotatable bonds is 4. The molecular weight excluding hydrogens is 294 g/mol. The minimum Gasteiger partial charge on any atom is -0.508 e. The average Bonchev–Trinajstić information content (AvgIpc) is 2.52. The number of fused-ring (bicyclic) bond motifs is 1. The molecule has 1 aromatic heterocycles. The van der Waals surface area contributed by atoms with Gasteiger partial charge in [-0.25, -0.2) is 0 Å². The smallest absolute Gasteiger partial charge is 0.308 e. The Kier molecular flexibility index (Phi) is 3.85. The summed E-state index contributed by atoms with van der Waals surface area (Å²) in [6.45, 7) is 0.313. The van der Waals surface area contributed by atoms with E-state index in [0.717, 1.165) is 10.9 Å². The molecule has 2 aromatic carbocycles. The van der Waals surface area contributed by atoms with Crippen LogP contribution in [0.25, 0.3) is 10.9 Å². The molecule has 116 valence electrons. The van der Waals surface area contributed by atoms with Gasteiger partial charge in [-0.05, 0) is 29.1 Å². The van der Waals surface area contributed by atoms with Gasteiger partial charge in [-0.15, -0.1) is 0 Å². The van der Waals surface area contributed by atoms with Crippen LogP contribution in [-0.2, 0) is 17.8 Å². The van der Waals surface area contributed by atoms with Crippen molar-refractivity contribution in [1.82, 2.24) is 4.57 Å². The molecule has 0 aliphatic heterocycles. The number of aromatic hydroxyl groups is 1. The first-order valence-electron chi connectivity index (χ1n) is 7.16. The lowest BCUT2D eigenvalue weighted by atomic mass is 10.1. The summed E-state index contributed by atoms with van der Waals surface area (Å²) < 4.78 is 1.50. The predicted molar refractivity (Wildman–Crippen MR) is 86.8 cm³/mol. The number of phenols is 1. The molecule has 0 radical (unpaired) electrons. The summed E-state index contributed by atoms with van der Waals surface area (Å²) >= 11 is 0. The van der Waals surface area contributed by atoms with Gasteiger partial charge in [-0.2, -0.15) is 0 Å². The summed E-state index contributed by atoms with van der Waals surface area (Å²) in [5.41, 5.74) is 1.38. The normalized spacial score (nSPS) is 10.8. The molecule has 0 fully saturated rings. The topological polar surface area (TPSA) is 79.5 Å². The van der Waals surface area contributed by atoms with Crippen molar-refractivity contribution in [2.75, 3.05) is 0 Å². The van der Waals surface area contributed by atoms with Crippen molar-refractivity contribution in [2.45, 2.75) is 13.0 Å². The number of pyridine rings is 1. The van der Waals surface area contributed by atoms with Crippen molar-refractivity contribution in [3.63, 3.8) is 0 Å². The van der Waals surface area contributed by atoms with E-state index in [4.69, 9.17) is 5.11 Å². The van der Waals surface area contributed by atoms with Crippen molar-refractivity contribution < 1.29 is 15.0 Å². The lowest BCUT2D eigenvalue weighted by molar-refractivity contribution is -0.136. The molecular formula is C18H15NO4. The molecule has 3 rings (SSSR count). The molecule has 0 saturated carbocycles. The number of carboxylic acid groups (broad SMARTS) is 1. The van der Waals surface area contributed by atoms with Gasteiger partial charge in [0.1, 0.15) is 5.75 Å². The Hall–Kier alpha value is -3.08. The molecule has 0 saturated heterocycles. The van der Waals surface area contributed by atoms with Gasteiger partial charge in [0.05, 0.1) is 18.5 Å². The summed E-state index contributed by atoms with van der Waals surface area (Å²) in [5.74, 6) is -0.990. The highest BCUT2D eigenvalue weighted by atomic mass is 16.4. The number of benzene rings is 2.